The summed E-state index contributed by atoms with van der Waals surface area (Å²) in [6.07, 6.45) is 8.00. The number of nitrogens with zero attached hydrogens (tertiary/aromatic N) is 2. The van der Waals surface area contributed by atoms with E-state index < -0.39 is 17.9 Å². The van der Waals surface area contributed by atoms with Gasteiger partial charge in [-0.25, -0.2) is 0 Å². The van der Waals surface area contributed by atoms with Crippen molar-refractivity contribution in [2.45, 2.75) is 26.5 Å². The first-order valence-corrected chi connectivity index (χ1v) is 17.8. The molecule has 4 aromatic carbocycles. The number of thioether (sulfide) groups is 1. The molecule has 0 aromatic heterocycles. The van der Waals surface area contributed by atoms with Gasteiger partial charge in [0.1, 0.15) is 12.2 Å². The van der Waals surface area contributed by atoms with Crippen molar-refractivity contribution in [1.82, 2.24) is 10.2 Å². The molecule has 0 spiro atoms. The lowest BCUT2D eigenvalue weighted by Crippen LogP contribution is -2.42. The molecule has 1 aliphatic rings. The van der Waals surface area contributed by atoms with Crippen LogP contribution in [0.2, 0.25) is 10.0 Å². The molecule has 0 fully saturated rings. The number of hydrogen-bond donors (Lipinski definition) is 1. The number of amidine groups is 1. The summed E-state index contributed by atoms with van der Waals surface area (Å²) in [5, 5.41) is 3.58. The molecule has 0 saturated heterocycles. The predicted octanol–water partition coefficient (Wildman–Crippen LogP) is 9.27. The van der Waals surface area contributed by atoms with Crippen LogP contribution in [-0.4, -0.2) is 33.5 Å². The fraction of sp³-hybridized carbons (Fsp3) is 0.122. The molecule has 1 aliphatic heterocycles. The van der Waals surface area contributed by atoms with Crippen molar-refractivity contribution in [1.29, 1.82) is 0 Å². The van der Waals surface area contributed by atoms with E-state index in [1.165, 1.54) is 11.0 Å². The number of halogens is 2. The van der Waals surface area contributed by atoms with Crippen molar-refractivity contribution in [3.63, 3.8) is 0 Å². The minimum atomic E-state index is -0.763. The Labute approximate surface area is 312 Å². The lowest BCUT2D eigenvalue weighted by molar-refractivity contribution is -0.126. The number of aliphatic imine (C=N–C) groups is 1. The van der Waals surface area contributed by atoms with E-state index in [4.69, 9.17) is 27.9 Å². The number of amides is 3. The third kappa shape index (κ3) is 9.55. The van der Waals surface area contributed by atoms with Crippen molar-refractivity contribution >= 4 is 63.9 Å². The van der Waals surface area contributed by atoms with Crippen LogP contribution in [0.1, 0.15) is 40.8 Å². The van der Waals surface area contributed by atoms with Gasteiger partial charge in [-0.15, -0.1) is 0 Å². The average molecular weight is 737 g/mol. The standard InChI is InChI=1S/C41H35Cl2N3O4S/c1-4-6-20-32(5-2)46-40(49)33(22-29-23-34(42)38(35(43)24-29)50-25-28-15-13-14-27(3)21-28)39(48)45-41(46)51-26-36(47)44-37(30-16-9-7-10-17-30)31-18-11-8-12-19-31/h4-24,37H,1,25-26H2,2-3H3,(H,44,47)/b20-6-,32-5+,33-22+. The van der Waals surface area contributed by atoms with Crippen molar-refractivity contribution in [2.24, 2.45) is 4.99 Å². The smallest absolute Gasteiger partial charge is 0.285 e. The highest BCUT2D eigenvalue weighted by molar-refractivity contribution is 8.14. The number of ether oxygens (including phenoxy) is 1. The van der Waals surface area contributed by atoms with Crippen molar-refractivity contribution in [3.8, 4) is 5.75 Å². The quantitative estimate of drug-likeness (QED) is 0.0891. The van der Waals surface area contributed by atoms with Crippen LogP contribution in [-0.2, 0) is 21.0 Å². The third-order valence-corrected chi connectivity index (χ3v) is 9.21. The Morgan fingerprint density at radius 3 is 2.20 bits per heavy atom. The van der Waals surface area contributed by atoms with Crippen molar-refractivity contribution in [2.75, 3.05) is 5.75 Å². The van der Waals surface area contributed by atoms with Crippen molar-refractivity contribution in [3.05, 3.63) is 177 Å². The summed E-state index contributed by atoms with van der Waals surface area (Å²) in [7, 11) is 0. The van der Waals surface area contributed by atoms with E-state index in [9.17, 15) is 14.4 Å². The molecule has 0 unspecified atom stereocenters. The van der Waals surface area contributed by atoms with E-state index in [1.807, 2.05) is 91.9 Å². The van der Waals surface area contributed by atoms with Crippen LogP contribution in [0.5, 0.6) is 5.75 Å². The Kier molecular flexibility index (Phi) is 12.9. The van der Waals surface area contributed by atoms with Crippen LogP contribution >= 0.6 is 35.0 Å². The van der Waals surface area contributed by atoms with Gasteiger partial charge >= 0.3 is 0 Å². The van der Waals surface area contributed by atoms with Gasteiger partial charge in [0.15, 0.2) is 10.9 Å². The fourth-order valence-corrected chi connectivity index (χ4v) is 6.74. The number of aryl methyl sites for hydroxylation is 1. The molecule has 0 atom stereocenters. The number of carbonyl (C=O) groups is 3. The third-order valence-electron chi connectivity index (χ3n) is 7.71. The molecular formula is C41H35Cl2N3O4S. The van der Waals surface area contributed by atoms with Gasteiger partial charge in [0.25, 0.3) is 11.8 Å². The highest BCUT2D eigenvalue weighted by atomic mass is 35.5. The lowest BCUT2D eigenvalue weighted by Gasteiger charge is -2.28. The van der Waals surface area contributed by atoms with E-state index in [0.717, 1.165) is 34.0 Å². The molecule has 0 aliphatic carbocycles. The van der Waals surface area contributed by atoms with Gasteiger partial charge in [-0.3, -0.25) is 19.3 Å². The van der Waals surface area contributed by atoms with Crippen LogP contribution in [0.3, 0.4) is 0 Å². The molecule has 5 rings (SSSR count). The van der Waals surface area contributed by atoms with Gasteiger partial charge < -0.3 is 10.1 Å². The zero-order valence-electron chi connectivity index (χ0n) is 28.0. The Balaban J connectivity index is 1.39. The second kappa shape index (κ2) is 17.7. The zero-order valence-corrected chi connectivity index (χ0v) is 30.3. The number of allylic oxidation sites excluding steroid dienone is 4. The van der Waals surface area contributed by atoms with E-state index in [0.29, 0.717) is 11.3 Å². The van der Waals surface area contributed by atoms with Gasteiger partial charge in [-0.05, 0) is 60.4 Å². The minimum absolute atomic E-state index is 0.0612. The summed E-state index contributed by atoms with van der Waals surface area (Å²) >= 11 is 14.1. The normalized spacial score (nSPS) is 14.3. The summed E-state index contributed by atoms with van der Waals surface area (Å²) in [6, 6.07) is 29.9. The maximum Gasteiger partial charge on any atom is 0.285 e. The lowest BCUT2D eigenvalue weighted by atomic mass is 9.99. The highest BCUT2D eigenvalue weighted by Gasteiger charge is 2.35. The van der Waals surface area contributed by atoms with E-state index in [2.05, 4.69) is 16.9 Å². The number of carbonyl (C=O) groups excluding carboxylic acids is 3. The summed E-state index contributed by atoms with van der Waals surface area (Å²) in [5.74, 6) is -1.52. The SMILES string of the molecule is C=C/C=C\C(=C/C)N1C(=O)/C(=C/c2cc(Cl)c(OCc3cccc(C)c3)c(Cl)c2)C(=O)N=C1SCC(=O)NC(c1ccccc1)c1ccccc1. The molecule has 0 radical (unpaired) electrons. The zero-order chi connectivity index (χ0) is 36.3. The van der Waals surface area contributed by atoms with Crippen LogP contribution in [0.15, 0.2) is 144 Å². The molecule has 51 heavy (non-hydrogen) atoms. The van der Waals surface area contributed by atoms with Crippen LogP contribution in [0.4, 0.5) is 0 Å². The predicted molar refractivity (Wildman–Crippen MR) is 208 cm³/mol. The van der Waals surface area contributed by atoms with Crippen LogP contribution in [0.25, 0.3) is 6.08 Å². The van der Waals surface area contributed by atoms with Gasteiger partial charge in [0.2, 0.25) is 5.91 Å². The average Bonchev–Trinajstić information content (AvgIpc) is 3.13. The fourth-order valence-electron chi connectivity index (χ4n) is 5.32. The largest absolute Gasteiger partial charge is 0.486 e. The molecule has 7 nitrogen and oxygen atoms in total. The maximum absolute atomic E-state index is 14.1. The summed E-state index contributed by atoms with van der Waals surface area (Å²) in [4.78, 5) is 46.5. The monoisotopic (exact) mass is 735 g/mol. The first kappa shape index (κ1) is 37.1. The number of benzene rings is 4. The summed E-state index contributed by atoms with van der Waals surface area (Å²) in [5.41, 5.74) is 4.52. The number of rotatable bonds is 12. The second-order valence-corrected chi connectivity index (χ2v) is 13.2. The first-order valence-electron chi connectivity index (χ1n) is 16.0. The molecule has 10 heteroatoms. The Morgan fingerprint density at radius 1 is 0.961 bits per heavy atom. The Morgan fingerprint density at radius 2 is 1.61 bits per heavy atom. The molecule has 0 saturated carbocycles. The Hall–Kier alpha value is -5.15. The van der Waals surface area contributed by atoms with Crippen LogP contribution in [0, 0.1) is 6.92 Å². The van der Waals surface area contributed by atoms with Crippen LogP contribution < -0.4 is 10.1 Å². The number of nitrogens with one attached hydrogen (secondary N) is 1. The van der Waals surface area contributed by atoms with Gasteiger partial charge in [0, 0.05) is 5.70 Å². The molecule has 258 valence electrons. The van der Waals surface area contributed by atoms with E-state index >= 15 is 0 Å². The van der Waals surface area contributed by atoms with E-state index in [1.54, 1.807) is 43.4 Å². The van der Waals surface area contributed by atoms with Crippen molar-refractivity contribution < 1.29 is 19.1 Å². The topological polar surface area (TPSA) is 88.1 Å². The van der Waals surface area contributed by atoms with Gasteiger partial charge in [0.05, 0.1) is 21.8 Å². The van der Waals surface area contributed by atoms with Gasteiger partial charge in [-0.2, -0.15) is 4.99 Å². The first-order chi connectivity index (χ1) is 24.7. The minimum Gasteiger partial charge on any atom is -0.486 e. The molecule has 0 bridgehead atoms. The second-order valence-electron chi connectivity index (χ2n) is 11.4. The molecule has 4 aromatic rings. The highest BCUT2D eigenvalue weighted by Crippen LogP contribution is 2.36. The summed E-state index contributed by atoms with van der Waals surface area (Å²) < 4.78 is 5.92. The molecule has 1 N–H and O–H groups in total. The van der Waals surface area contributed by atoms with E-state index in [-0.39, 0.29) is 44.8 Å². The Bertz CT molecular complexity index is 2000. The molecule has 3 amide bonds. The molecule has 1 heterocycles. The van der Waals surface area contributed by atoms with Gasteiger partial charge in [-0.1, -0.05) is 150 Å². The summed E-state index contributed by atoms with van der Waals surface area (Å²) in [6.45, 7) is 7.72. The molecular weight excluding hydrogens is 701 g/mol. The maximum atomic E-state index is 14.1. The number of hydrogen-bond acceptors (Lipinski definition) is 5.